The largest absolute Gasteiger partial charge is 0.281 e. The summed E-state index contributed by atoms with van der Waals surface area (Å²) in [5.74, 6) is 0.573. The Morgan fingerprint density at radius 3 is 2.38 bits per heavy atom. The Morgan fingerprint density at radius 2 is 1.86 bits per heavy atom. The van der Waals surface area contributed by atoms with E-state index in [1.807, 2.05) is 0 Å². The van der Waals surface area contributed by atoms with Crippen LogP contribution in [0.25, 0.3) is 0 Å². The Labute approximate surface area is 128 Å². The zero-order chi connectivity index (χ0) is 15.8. The second-order valence-corrected chi connectivity index (χ2v) is 9.04. The molecule has 0 saturated carbocycles. The van der Waals surface area contributed by atoms with Crippen LogP contribution < -0.4 is 0 Å². The molecule has 5 nitrogen and oxygen atoms in total. The van der Waals surface area contributed by atoms with Crippen LogP contribution in [0.1, 0.15) is 51.4 Å². The highest BCUT2D eigenvalue weighted by Gasteiger charge is 2.34. The highest BCUT2D eigenvalue weighted by Crippen LogP contribution is 2.35. The van der Waals surface area contributed by atoms with Crippen molar-refractivity contribution in [2.24, 2.45) is 11.3 Å². The molecule has 1 fully saturated rings. The molecule has 1 aromatic rings. The van der Waals surface area contributed by atoms with E-state index in [1.54, 1.807) is 18.2 Å². The van der Waals surface area contributed by atoms with Gasteiger partial charge >= 0.3 is 0 Å². The van der Waals surface area contributed by atoms with Gasteiger partial charge in [0.25, 0.3) is 0 Å². The zero-order valence-corrected chi connectivity index (χ0v) is 14.5. The van der Waals surface area contributed by atoms with E-state index in [-0.39, 0.29) is 5.41 Å². The van der Waals surface area contributed by atoms with Crippen molar-refractivity contribution < 1.29 is 8.42 Å². The maximum absolute atomic E-state index is 12.9. The van der Waals surface area contributed by atoms with Gasteiger partial charge in [-0.2, -0.15) is 9.40 Å². The smallest absolute Gasteiger partial charge is 0.246 e. The molecule has 1 saturated heterocycles. The number of nitrogens with one attached hydrogen (secondary N) is 1. The minimum atomic E-state index is -3.43. The first kappa shape index (κ1) is 16.5. The van der Waals surface area contributed by atoms with E-state index < -0.39 is 10.0 Å². The van der Waals surface area contributed by atoms with Crippen LogP contribution in [0, 0.1) is 25.2 Å². The van der Waals surface area contributed by atoms with E-state index >= 15 is 0 Å². The van der Waals surface area contributed by atoms with Crippen molar-refractivity contribution >= 4 is 10.0 Å². The lowest BCUT2D eigenvalue weighted by molar-refractivity contribution is 0.217. The maximum atomic E-state index is 12.9. The van der Waals surface area contributed by atoms with Crippen LogP contribution in [0.15, 0.2) is 4.90 Å². The SMILES string of the molecule is Cc1n[nH]c(C)c1S(=O)(=O)N1CCCC(C(C)(C)C)CC1. The van der Waals surface area contributed by atoms with Crippen LogP contribution in [-0.2, 0) is 10.0 Å². The van der Waals surface area contributed by atoms with Gasteiger partial charge in [0.05, 0.1) is 11.4 Å². The first-order valence-electron chi connectivity index (χ1n) is 7.65. The normalized spacial score (nSPS) is 22.2. The van der Waals surface area contributed by atoms with Crippen LogP contribution in [0.3, 0.4) is 0 Å². The maximum Gasteiger partial charge on any atom is 0.246 e. The summed E-state index contributed by atoms with van der Waals surface area (Å²) in [6.07, 6.45) is 2.95. The van der Waals surface area contributed by atoms with E-state index in [0.717, 1.165) is 19.3 Å². The summed E-state index contributed by atoms with van der Waals surface area (Å²) in [6.45, 7) is 11.5. The Bertz CT molecular complexity index is 579. The average Bonchev–Trinajstić information content (AvgIpc) is 2.60. The fourth-order valence-electron chi connectivity index (χ4n) is 3.23. The summed E-state index contributed by atoms with van der Waals surface area (Å²) >= 11 is 0. The predicted molar refractivity (Wildman–Crippen MR) is 83.6 cm³/mol. The number of aryl methyl sites for hydroxylation is 2. The number of aromatic amines is 1. The first-order chi connectivity index (χ1) is 9.64. The zero-order valence-electron chi connectivity index (χ0n) is 13.7. The van der Waals surface area contributed by atoms with Gasteiger partial charge in [0.2, 0.25) is 10.0 Å². The molecular formula is C15H27N3O2S. The molecule has 0 spiro atoms. The van der Waals surface area contributed by atoms with Crippen LogP contribution in [-0.4, -0.2) is 36.0 Å². The van der Waals surface area contributed by atoms with E-state index in [1.165, 1.54) is 0 Å². The highest BCUT2D eigenvalue weighted by atomic mass is 32.2. The molecule has 2 rings (SSSR count). The van der Waals surface area contributed by atoms with Gasteiger partial charge in [-0.05, 0) is 44.4 Å². The molecular weight excluding hydrogens is 286 g/mol. The lowest BCUT2D eigenvalue weighted by Crippen LogP contribution is -2.33. The molecule has 1 atom stereocenters. The fraction of sp³-hybridized carbons (Fsp3) is 0.800. The average molecular weight is 313 g/mol. The standard InChI is InChI=1S/C15H27N3O2S/c1-11-14(12(2)17-16-11)21(19,20)18-9-6-7-13(8-10-18)15(3,4)5/h13H,6-10H2,1-5H3,(H,16,17). The molecule has 0 aliphatic carbocycles. The third kappa shape index (κ3) is 3.31. The lowest BCUT2D eigenvalue weighted by atomic mass is 9.77. The minimum Gasteiger partial charge on any atom is -0.281 e. The summed E-state index contributed by atoms with van der Waals surface area (Å²) in [5.41, 5.74) is 1.43. The van der Waals surface area contributed by atoms with Gasteiger partial charge in [-0.3, -0.25) is 5.10 Å². The third-order valence-electron chi connectivity index (χ3n) is 4.57. The fourth-order valence-corrected chi connectivity index (χ4v) is 5.05. The van der Waals surface area contributed by atoms with E-state index in [2.05, 4.69) is 31.0 Å². The molecule has 1 aliphatic rings. The molecule has 1 aromatic heterocycles. The summed E-state index contributed by atoms with van der Waals surface area (Å²) < 4.78 is 27.4. The van der Waals surface area contributed by atoms with Gasteiger partial charge in [-0.1, -0.05) is 20.8 Å². The molecule has 1 unspecified atom stereocenters. The van der Waals surface area contributed by atoms with Crippen molar-refractivity contribution in [3.05, 3.63) is 11.4 Å². The predicted octanol–water partition coefficient (Wildman–Crippen LogP) is 2.86. The Hall–Kier alpha value is -0.880. The van der Waals surface area contributed by atoms with Crippen LogP contribution in [0.4, 0.5) is 0 Å². The van der Waals surface area contributed by atoms with Gasteiger partial charge < -0.3 is 0 Å². The second kappa shape index (κ2) is 5.72. The Morgan fingerprint density at radius 1 is 1.19 bits per heavy atom. The molecule has 2 heterocycles. The molecule has 21 heavy (non-hydrogen) atoms. The summed E-state index contributed by atoms with van der Waals surface area (Å²) in [4.78, 5) is 0.358. The first-order valence-corrected chi connectivity index (χ1v) is 9.09. The summed E-state index contributed by atoms with van der Waals surface area (Å²) in [6, 6.07) is 0. The highest BCUT2D eigenvalue weighted by molar-refractivity contribution is 7.89. The number of hydrogen-bond donors (Lipinski definition) is 1. The van der Waals surface area contributed by atoms with E-state index in [4.69, 9.17) is 0 Å². The number of hydrogen-bond acceptors (Lipinski definition) is 3. The Kier molecular flexibility index (Phi) is 4.49. The van der Waals surface area contributed by atoms with Crippen LogP contribution >= 0.6 is 0 Å². The molecule has 1 N–H and O–H groups in total. The third-order valence-corrected chi connectivity index (χ3v) is 6.73. The quantitative estimate of drug-likeness (QED) is 0.913. The van der Waals surface area contributed by atoms with Crippen molar-refractivity contribution in [2.45, 2.75) is 58.8 Å². The van der Waals surface area contributed by atoms with Crippen LogP contribution in [0.2, 0.25) is 0 Å². The number of rotatable bonds is 2. The molecule has 6 heteroatoms. The Balaban J connectivity index is 2.23. The number of sulfonamides is 1. The molecule has 0 amide bonds. The molecule has 1 aliphatic heterocycles. The van der Waals surface area contributed by atoms with Crippen molar-refractivity contribution in [3.63, 3.8) is 0 Å². The number of aromatic nitrogens is 2. The van der Waals surface area contributed by atoms with Gasteiger partial charge in [0.1, 0.15) is 4.90 Å². The van der Waals surface area contributed by atoms with Crippen molar-refractivity contribution in [2.75, 3.05) is 13.1 Å². The van der Waals surface area contributed by atoms with Gasteiger partial charge in [-0.15, -0.1) is 0 Å². The number of nitrogens with zero attached hydrogens (tertiary/aromatic N) is 2. The number of H-pyrrole nitrogens is 1. The molecule has 0 bridgehead atoms. The molecule has 0 radical (unpaired) electrons. The summed E-state index contributed by atoms with van der Waals surface area (Å²) in [5, 5.41) is 6.80. The van der Waals surface area contributed by atoms with Crippen molar-refractivity contribution in [1.29, 1.82) is 0 Å². The van der Waals surface area contributed by atoms with Crippen molar-refractivity contribution in [1.82, 2.24) is 14.5 Å². The molecule has 0 aromatic carbocycles. The van der Waals surface area contributed by atoms with Gasteiger partial charge in [0, 0.05) is 13.1 Å². The summed E-state index contributed by atoms with van der Waals surface area (Å²) in [7, 11) is -3.43. The van der Waals surface area contributed by atoms with E-state index in [9.17, 15) is 8.42 Å². The van der Waals surface area contributed by atoms with Crippen LogP contribution in [0.5, 0.6) is 0 Å². The second-order valence-electron chi connectivity index (χ2n) is 7.16. The van der Waals surface area contributed by atoms with Gasteiger partial charge in [-0.25, -0.2) is 8.42 Å². The topological polar surface area (TPSA) is 66.1 Å². The lowest BCUT2D eigenvalue weighted by Gasteiger charge is -2.29. The van der Waals surface area contributed by atoms with Gasteiger partial charge in [0.15, 0.2) is 0 Å². The van der Waals surface area contributed by atoms with Crippen molar-refractivity contribution in [3.8, 4) is 0 Å². The molecule has 120 valence electrons. The minimum absolute atomic E-state index is 0.237. The van der Waals surface area contributed by atoms with E-state index in [0.29, 0.717) is 35.3 Å². The monoisotopic (exact) mass is 313 g/mol.